The van der Waals surface area contributed by atoms with E-state index in [4.69, 9.17) is 5.11 Å². The second-order valence-corrected chi connectivity index (χ2v) is 5.49. The van der Waals surface area contributed by atoms with E-state index in [9.17, 15) is 14.7 Å². The van der Waals surface area contributed by atoms with Crippen molar-refractivity contribution >= 4 is 39.4 Å². The van der Waals surface area contributed by atoms with Gasteiger partial charge >= 0.3 is 11.9 Å². The number of pyridine rings is 1. The van der Waals surface area contributed by atoms with Crippen LogP contribution in [-0.4, -0.2) is 33.2 Å². The summed E-state index contributed by atoms with van der Waals surface area (Å²) >= 11 is 0. The van der Waals surface area contributed by atoms with E-state index >= 15 is 0 Å². The number of rotatable bonds is 6. The lowest BCUT2D eigenvalue weighted by atomic mass is 10.1. The number of para-hydroxylation sites is 2. The lowest BCUT2D eigenvalue weighted by molar-refractivity contribution is -0.139. The van der Waals surface area contributed by atoms with Gasteiger partial charge in [0.2, 0.25) is 0 Å². The second-order valence-electron chi connectivity index (χ2n) is 5.49. The number of carboxylic acid groups (broad SMARTS) is 2. The van der Waals surface area contributed by atoms with Gasteiger partial charge in [0, 0.05) is 17.2 Å². The zero-order chi connectivity index (χ0) is 17.1. The molecule has 0 saturated heterocycles. The third-order valence-corrected chi connectivity index (χ3v) is 3.85. The number of hydrogen-bond donors (Lipinski definition) is 3. The van der Waals surface area contributed by atoms with Gasteiger partial charge in [-0.05, 0) is 18.6 Å². The van der Waals surface area contributed by atoms with E-state index in [0.717, 1.165) is 21.8 Å². The van der Waals surface area contributed by atoms with Gasteiger partial charge in [0.25, 0.3) is 0 Å². The van der Waals surface area contributed by atoms with Gasteiger partial charge in [0.1, 0.15) is 6.04 Å². The van der Waals surface area contributed by atoms with Gasteiger partial charge in [-0.3, -0.25) is 4.79 Å². The normalized spacial score (nSPS) is 12.2. The number of fused-ring (bicyclic) bond motifs is 2. The third-order valence-electron chi connectivity index (χ3n) is 3.85. The minimum Gasteiger partial charge on any atom is -0.481 e. The van der Waals surface area contributed by atoms with Crippen molar-refractivity contribution in [2.45, 2.75) is 18.9 Å². The number of anilines is 1. The van der Waals surface area contributed by atoms with Crippen molar-refractivity contribution in [2.75, 3.05) is 5.32 Å². The molecule has 1 heterocycles. The van der Waals surface area contributed by atoms with E-state index in [-0.39, 0.29) is 12.8 Å². The summed E-state index contributed by atoms with van der Waals surface area (Å²) in [7, 11) is 0. The number of nitrogens with one attached hydrogen (secondary N) is 1. The van der Waals surface area contributed by atoms with Crippen LogP contribution in [0.25, 0.3) is 21.8 Å². The van der Waals surface area contributed by atoms with Gasteiger partial charge < -0.3 is 15.5 Å². The van der Waals surface area contributed by atoms with Crippen LogP contribution in [0.1, 0.15) is 12.8 Å². The maximum absolute atomic E-state index is 11.5. The maximum Gasteiger partial charge on any atom is 0.326 e. The maximum atomic E-state index is 11.5. The van der Waals surface area contributed by atoms with Gasteiger partial charge in [-0.25, -0.2) is 9.78 Å². The van der Waals surface area contributed by atoms with Crippen molar-refractivity contribution in [1.82, 2.24) is 4.98 Å². The average Bonchev–Trinajstić information content (AvgIpc) is 2.57. The molecule has 0 aliphatic carbocycles. The van der Waals surface area contributed by atoms with Gasteiger partial charge in [0.15, 0.2) is 0 Å². The fraction of sp³-hybridized carbons (Fsp3) is 0.167. The first-order valence-electron chi connectivity index (χ1n) is 7.55. The zero-order valence-corrected chi connectivity index (χ0v) is 12.8. The largest absolute Gasteiger partial charge is 0.481 e. The summed E-state index contributed by atoms with van der Waals surface area (Å²) in [5.41, 5.74) is 2.16. The van der Waals surface area contributed by atoms with Crippen LogP contribution in [0.4, 0.5) is 5.69 Å². The minimum atomic E-state index is -1.08. The number of nitrogens with zero attached hydrogens (tertiary/aromatic N) is 1. The zero-order valence-electron chi connectivity index (χ0n) is 12.8. The molecule has 0 unspecified atom stereocenters. The molecule has 0 saturated carbocycles. The van der Waals surface area contributed by atoms with Gasteiger partial charge in [-0.1, -0.05) is 36.4 Å². The number of hydrogen-bond acceptors (Lipinski definition) is 4. The lowest BCUT2D eigenvalue weighted by Crippen LogP contribution is -2.30. The molecule has 6 heteroatoms. The molecule has 2 aromatic carbocycles. The Bertz CT molecular complexity index is 869. The Hall–Kier alpha value is -3.15. The molecule has 0 spiro atoms. The summed E-state index contributed by atoms with van der Waals surface area (Å²) in [6.07, 6.45) is -0.222. The first-order valence-corrected chi connectivity index (χ1v) is 7.55. The van der Waals surface area contributed by atoms with E-state index in [2.05, 4.69) is 10.3 Å². The average molecular weight is 324 g/mol. The highest BCUT2D eigenvalue weighted by atomic mass is 16.4. The van der Waals surface area contributed by atoms with E-state index < -0.39 is 18.0 Å². The van der Waals surface area contributed by atoms with E-state index in [1.165, 1.54) is 0 Å². The topological polar surface area (TPSA) is 99.5 Å². The first-order chi connectivity index (χ1) is 11.6. The molecule has 1 aromatic heterocycles. The molecule has 0 radical (unpaired) electrons. The van der Waals surface area contributed by atoms with Crippen molar-refractivity contribution in [2.24, 2.45) is 0 Å². The number of carboxylic acids is 2. The van der Waals surface area contributed by atoms with Crippen LogP contribution in [0.5, 0.6) is 0 Å². The van der Waals surface area contributed by atoms with E-state index in [1.807, 2.05) is 48.5 Å². The molecule has 0 aliphatic rings. The molecular weight excluding hydrogens is 308 g/mol. The lowest BCUT2D eigenvalue weighted by Gasteiger charge is -2.18. The van der Waals surface area contributed by atoms with E-state index in [0.29, 0.717) is 5.69 Å². The van der Waals surface area contributed by atoms with E-state index in [1.54, 1.807) is 0 Å². The summed E-state index contributed by atoms with van der Waals surface area (Å²) < 4.78 is 0. The highest BCUT2D eigenvalue weighted by Gasteiger charge is 2.20. The van der Waals surface area contributed by atoms with Crippen LogP contribution in [-0.2, 0) is 9.59 Å². The van der Waals surface area contributed by atoms with Crippen LogP contribution >= 0.6 is 0 Å². The first kappa shape index (κ1) is 15.7. The minimum absolute atomic E-state index is 0.00432. The fourth-order valence-corrected chi connectivity index (χ4v) is 2.69. The molecule has 0 amide bonds. The summed E-state index contributed by atoms with van der Waals surface area (Å²) in [4.78, 5) is 26.9. The van der Waals surface area contributed by atoms with Crippen molar-refractivity contribution in [3.63, 3.8) is 0 Å². The molecule has 6 nitrogen and oxygen atoms in total. The molecule has 122 valence electrons. The monoisotopic (exact) mass is 324 g/mol. The van der Waals surface area contributed by atoms with Crippen LogP contribution in [0.15, 0.2) is 48.5 Å². The molecular formula is C18H16N2O4. The summed E-state index contributed by atoms with van der Waals surface area (Å²) in [6.45, 7) is 0. The van der Waals surface area contributed by atoms with Gasteiger partial charge in [-0.2, -0.15) is 0 Å². The fourth-order valence-electron chi connectivity index (χ4n) is 2.69. The predicted molar refractivity (Wildman–Crippen MR) is 91.2 cm³/mol. The van der Waals surface area contributed by atoms with Crippen LogP contribution in [0, 0.1) is 0 Å². The number of benzene rings is 2. The Balaban J connectivity index is 2.11. The Morgan fingerprint density at radius 3 is 2.00 bits per heavy atom. The van der Waals surface area contributed by atoms with Crippen molar-refractivity contribution < 1.29 is 19.8 Å². The predicted octanol–water partition coefficient (Wildman–Crippen LogP) is 3.12. The molecule has 1 atom stereocenters. The Morgan fingerprint density at radius 1 is 0.958 bits per heavy atom. The molecule has 3 aromatic rings. The molecule has 3 N–H and O–H groups in total. The molecule has 0 aliphatic heterocycles. The molecule has 24 heavy (non-hydrogen) atoms. The molecule has 3 rings (SSSR count). The smallest absolute Gasteiger partial charge is 0.326 e. The molecule has 0 fully saturated rings. The summed E-state index contributed by atoms with van der Waals surface area (Å²) in [6, 6.07) is 13.9. The number of aliphatic carboxylic acids is 2. The van der Waals surface area contributed by atoms with Gasteiger partial charge in [-0.15, -0.1) is 0 Å². The summed E-state index contributed by atoms with van der Waals surface area (Å²) in [5, 5.41) is 22.9. The Morgan fingerprint density at radius 2 is 1.50 bits per heavy atom. The van der Waals surface area contributed by atoms with Crippen LogP contribution in [0.3, 0.4) is 0 Å². The van der Waals surface area contributed by atoms with Crippen LogP contribution in [0.2, 0.25) is 0 Å². The Labute approximate surface area is 137 Å². The van der Waals surface area contributed by atoms with Gasteiger partial charge in [0.05, 0.1) is 16.7 Å². The highest BCUT2D eigenvalue weighted by Crippen LogP contribution is 2.31. The molecule has 0 bridgehead atoms. The highest BCUT2D eigenvalue weighted by molar-refractivity contribution is 6.08. The van der Waals surface area contributed by atoms with Crippen molar-refractivity contribution in [1.29, 1.82) is 0 Å². The number of aromatic nitrogens is 1. The van der Waals surface area contributed by atoms with Crippen molar-refractivity contribution in [3.8, 4) is 0 Å². The third kappa shape index (κ3) is 3.12. The van der Waals surface area contributed by atoms with Crippen molar-refractivity contribution in [3.05, 3.63) is 48.5 Å². The van der Waals surface area contributed by atoms with Crippen LogP contribution < -0.4 is 5.32 Å². The Kier molecular flexibility index (Phi) is 4.29. The second kappa shape index (κ2) is 6.54. The number of carbonyl (C=O) groups is 2. The summed E-state index contributed by atoms with van der Waals surface area (Å²) in [5.74, 6) is -2.10. The quantitative estimate of drug-likeness (QED) is 0.602. The standard InChI is InChI=1S/C18H16N2O4/c21-16(22)10-9-15(18(23)24)20-17-11-5-1-3-7-13(11)19-14-8-4-2-6-12(14)17/h1-8,15H,9-10H2,(H,19,20)(H,21,22)(H,23,24)/t15-/m0/s1. The SMILES string of the molecule is O=C(O)CC[C@H](Nc1c2ccccc2nc2ccccc12)C(=O)O.